The van der Waals surface area contributed by atoms with Crippen molar-refractivity contribution < 1.29 is 17.6 Å². The van der Waals surface area contributed by atoms with Crippen molar-refractivity contribution in [2.45, 2.75) is 62.9 Å². The number of piperazine rings is 1. The standard InChI is InChI=1S/C28H36FN5O3S/c1-17-16-33(24-5-4-21(12-22(24)29)38(3,36)37)8-9-34(17)27-30-7-6-23(31-27)26(35)32-25-19-10-18-11-20(25)15-28(2,13-18)14-19/h4-7,12,17-20,25H,8-11,13-16H2,1-3H3,(H,32,35)/t17-,18?,19?,20?,25?,28?/m1/s1. The second-order valence-corrected chi connectivity index (χ2v) is 14.4. The molecule has 1 aromatic heterocycles. The number of hydrogen-bond acceptors (Lipinski definition) is 7. The van der Waals surface area contributed by atoms with Gasteiger partial charge in [-0.05, 0) is 86.5 Å². The minimum absolute atomic E-state index is 0.0308. The van der Waals surface area contributed by atoms with Gasteiger partial charge in [0.25, 0.3) is 5.91 Å². The average Bonchev–Trinajstić information content (AvgIpc) is 2.84. The SMILES string of the molecule is C[C@@H]1CN(c2ccc(S(C)(=O)=O)cc2F)CCN1c1nccc(C(=O)NC2C3CC4CC2CC(C)(C4)C3)n1. The van der Waals surface area contributed by atoms with Crippen molar-refractivity contribution in [3.63, 3.8) is 0 Å². The van der Waals surface area contributed by atoms with E-state index < -0.39 is 15.7 Å². The Balaban J connectivity index is 1.13. The molecule has 4 bridgehead atoms. The first-order valence-corrected chi connectivity index (χ1v) is 15.5. The van der Waals surface area contributed by atoms with Crippen LogP contribution in [0.4, 0.5) is 16.0 Å². The van der Waals surface area contributed by atoms with E-state index in [4.69, 9.17) is 0 Å². The minimum Gasteiger partial charge on any atom is -0.365 e. The minimum atomic E-state index is -3.47. The molecule has 1 aromatic carbocycles. The lowest BCUT2D eigenvalue weighted by Crippen LogP contribution is -2.58. The third kappa shape index (κ3) is 4.65. The van der Waals surface area contributed by atoms with E-state index in [0.29, 0.717) is 54.2 Å². The van der Waals surface area contributed by atoms with E-state index in [9.17, 15) is 17.6 Å². The summed E-state index contributed by atoms with van der Waals surface area (Å²) in [5.41, 5.74) is 1.21. The lowest BCUT2D eigenvalue weighted by molar-refractivity contribution is -0.0641. The third-order valence-electron chi connectivity index (χ3n) is 9.32. The molecular formula is C28H36FN5O3S. The molecule has 7 rings (SSSR count). The number of aromatic nitrogens is 2. The maximum Gasteiger partial charge on any atom is 0.270 e. The highest BCUT2D eigenvalue weighted by Gasteiger charge is 2.53. The van der Waals surface area contributed by atoms with Gasteiger partial charge in [0.2, 0.25) is 5.95 Å². The maximum absolute atomic E-state index is 14.8. The molecular weight excluding hydrogens is 505 g/mol. The molecule has 204 valence electrons. The van der Waals surface area contributed by atoms with Crippen LogP contribution in [0.2, 0.25) is 0 Å². The molecule has 8 nitrogen and oxygen atoms in total. The van der Waals surface area contributed by atoms with Gasteiger partial charge in [0.1, 0.15) is 11.5 Å². The molecule has 5 aliphatic rings. The van der Waals surface area contributed by atoms with E-state index in [2.05, 4.69) is 22.2 Å². The van der Waals surface area contributed by atoms with E-state index in [1.165, 1.54) is 44.2 Å². The number of hydrogen-bond donors (Lipinski definition) is 1. The highest BCUT2D eigenvalue weighted by molar-refractivity contribution is 7.90. The zero-order valence-electron chi connectivity index (χ0n) is 22.2. The Hall–Kier alpha value is -2.75. The van der Waals surface area contributed by atoms with E-state index in [1.54, 1.807) is 12.3 Å². The Morgan fingerprint density at radius 3 is 2.50 bits per heavy atom. The summed E-state index contributed by atoms with van der Waals surface area (Å²) in [6, 6.07) is 5.92. The normalized spacial score (nSPS) is 32.5. The molecule has 38 heavy (non-hydrogen) atoms. The summed E-state index contributed by atoms with van der Waals surface area (Å²) >= 11 is 0. The second-order valence-electron chi connectivity index (χ2n) is 12.4. The van der Waals surface area contributed by atoms with Crippen LogP contribution in [0.1, 0.15) is 56.4 Å². The molecule has 1 amide bonds. The van der Waals surface area contributed by atoms with Crippen molar-refractivity contribution in [1.82, 2.24) is 15.3 Å². The highest BCUT2D eigenvalue weighted by atomic mass is 32.2. The number of carbonyl (C=O) groups excluding carboxylic acids is 1. The predicted octanol–water partition coefficient (Wildman–Crippen LogP) is 3.68. The van der Waals surface area contributed by atoms with Crippen LogP contribution in [0.25, 0.3) is 0 Å². The van der Waals surface area contributed by atoms with Crippen molar-refractivity contribution in [1.29, 1.82) is 0 Å². The average molecular weight is 542 g/mol. The van der Waals surface area contributed by atoms with Crippen molar-refractivity contribution in [3.8, 4) is 0 Å². The van der Waals surface area contributed by atoms with Gasteiger partial charge in [0, 0.05) is 44.2 Å². The second kappa shape index (κ2) is 9.17. The Labute approximate surface area is 223 Å². The van der Waals surface area contributed by atoms with Crippen LogP contribution >= 0.6 is 0 Å². The lowest BCUT2D eigenvalue weighted by atomic mass is 9.48. The number of carbonyl (C=O) groups is 1. The summed E-state index contributed by atoms with van der Waals surface area (Å²) in [4.78, 5) is 26.3. The van der Waals surface area contributed by atoms with Crippen LogP contribution in [0.3, 0.4) is 0 Å². The molecule has 4 aliphatic carbocycles. The fourth-order valence-electron chi connectivity index (χ4n) is 7.95. The maximum atomic E-state index is 14.8. The van der Waals surface area contributed by atoms with Gasteiger partial charge < -0.3 is 15.1 Å². The molecule has 1 N–H and O–H groups in total. The first kappa shape index (κ1) is 25.5. The molecule has 2 aromatic rings. The number of sulfone groups is 1. The van der Waals surface area contributed by atoms with Crippen LogP contribution in [0.5, 0.6) is 0 Å². The molecule has 0 radical (unpaired) electrons. The summed E-state index contributed by atoms with van der Waals surface area (Å²) in [5.74, 6) is 1.77. The topological polar surface area (TPSA) is 95.5 Å². The lowest BCUT2D eigenvalue weighted by Gasteiger charge is -2.59. The summed E-state index contributed by atoms with van der Waals surface area (Å²) in [7, 11) is -3.47. The summed E-state index contributed by atoms with van der Waals surface area (Å²) in [6.07, 6.45) is 8.92. The molecule has 2 unspecified atom stereocenters. The number of nitrogens with one attached hydrogen (secondary N) is 1. The van der Waals surface area contributed by atoms with Gasteiger partial charge >= 0.3 is 0 Å². The first-order valence-electron chi connectivity index (χ1n) is 13.6. The quantitative estimate of drug-likeness (QED) is 0.617. The van der Waals surface area contributed by atoms with Gasteiger partial charge in [0.15, 0.2) is 9.84 Å². The molecule has 3 atom stereocenters. The zero-order chi connectivity index (χ0) is 26.8. The number of anilines is 2. The van der Waals surface area contributed by atoms with Gasteiger partial charge in [-0.25, -0.2) is 22.8 Å². The zero-order valence-corrected chi connectivity index (χ0v) is 23.0. The molecule has 4 saturated carbocycles. The summed E-state index contributed by atoms with van der Waals surface area (Å²) in [5, 5.41) is 3.35. The fourth-order valence-corrected chi connectivity index (χ4v) is 8.59. The Morgan fingerprint density at radius 1 is 1.13 bits per heavy atom. The van der Waals surface area contributed by atoms with Crippen molar-refractivity contribution in [3.05, 3.63) is 42.0 Å². The summed E-state index contributed by atoms with van der Waals surface area (Å²) in [6.45, 7) is 6.02. The summed E-state index contributed by atoms with van der Waals surface area (Å²) < 4.78 is 38.3. The predicted molar refractivity (Wildman–Crippen MR) is 143 cm³/mol. The van der Waals surface area contributed by atoms with E-state index in [-0.39, 0.29) is 22.9 Å². The van der Waals surface area contributed by atoms with Gasteiger partial charge in [-0.2, -0.15) is 0 Å². The van der Waals surface area contributed by atoms with E-state index in [1.807, 2.05) is 16.7 Å². The molecule has 0 spiro atoms. The van der Waals surface area contributed by atoms with Crippen LogP contribution in [-0.2, 0) is 9.84 Å². The third-order valence-corrected chi connectivity index (χ3v) is 10.4. The van der Waals surface area contributed by atoms with Crippen LogP contribution in [0.15, 0.2) is 35.4 Å². The number of rotatable bonds is 5. The first-order chi connectivity index (χ1) is 18.0. The smallest absolute Gasteiger partial charge is 0.270 e. The largest absolute Gasteiger partial charge is 0.365 e. The van der Waals surface area contributed by atoms with Gasteiger partial charge in [-0.3, -0.25) is 4.79 Å². The monoisotopic (exact) mass is 541 g/mol. The number of nitrogens with zero attached hydrogens (tertiary/aromatic N) is 4. The Bertz CT molecular complexity index is 1350. The van der Waals surface area contributed by atoms with Crippen molar-refractivity contribution in [2.24, 2.45) is 23.2 Å². The van der Waals surface area contributed by atoms with Crippen molar-refractivity contribution >= 4 is 27.4 Å². The van der Waals surface area contributed by atoms with E-state index in [0.717, 1.165) is 18.2 Å². The molecule has 2 heterocycles. The molecule has 10 heteroatoms. The van der Waals surface area contributed by atoms with Gasteiger partial charge in [-0.1, -0.05) is 6.92 Å². The number of benzene rings is 1. The van der Waals surface area contributed by atoms with Crippen molar-refractivity contribution in [2.75, 3.05) is 35.7 Å². The highest BCUT2D eigenvalue weighted by Crippen LogP contribution is 2.59. The Morgan fingerprint density at radius 2 is 1.87 bits per heavy atom. The Kier molecular flexibility index (Phi) is 6.16. The fraction of sp³-hybridized carbons (Fsp3) is 0.607. The van der Waals surface area contributed by atoms with Gasteiger partial charge in [-0.15, -0.1) is 0 Å². The molecule has 5 fully saturated rings. The number of halogens is 1. The van der Waals surface area contributed by atoms with Crippen LogP contribution < -0.4 is 15.1 Å². The van der Waals surface area contributed by atoms with Crippen LogP contribution in [-0.4, -0.2) is 62.3 Å². The number of amides is 1. The molecule has 1 aliphatic heterocycles. The van der Waals surface area contributed by atoms with Gasteiger partial charge in [0.05, 0.1) is 10.6 Å². The van der Waals surface area contributed by atoms with Crippen LogP contribution in [0, 0.1) is 29.0 Å². The van der Waals surface area contributed by atoms with E-state index >= 15 is 0 Å². The molecule has 1 saturated heterocycles.